The van der Waals surface area contributed by atoms with Crippen molar-refractivity contribution in [3.05, 3.63) is 36.3 Å². The summed E-state index contributed by atoms with van der Waals surface area (Å²) >= 11 is 0. The highest BCUT2D eigenvalue weighted by atomic mass is 16.1. The molecule has 20 heavy (non-hydrogen) atoms. The molecule has 4 N–H and O–H groups in total. The Morgan fingerprint density at radius 2 is 2.25 bits per heavy atom. The third-order valence-electron chi connectivity index (χ3n) is 3.15. The van der Waals surface area contributed by atoms with Crippen molar-refractivity contribution in [2.45, 2.75) is 26.4 Å². The van der Waals surface area contributed by atoms with Gasteiger partial charge >= 0.3 is 0 Å². The Bertz CT molecular complexity index is 564. The predicted octanol–water partition coefficient (Wildman–Crippen LogP) is 1.07. The van der Waals surface area contributed by atoms with Crippen LogP contribution in [0.4, 0.5) is 0 Å². The fraction of sp³-hybridized carbons (Fsp3) is 0.357. The lowest BCUT2D eigenvalue weighted by molar-refractivity contribution is -0.121. The molecule has 2 heterocycles. The number of aromatic nitrogens is 3. The monoisotopic (exact) mass is 273 g/mol. The second-order valence-corrected chi connectivity index (χ2v) is 5.02. The van der Waals surface area contributed by atoms with Crippen LogP contribution in [-0.4, -0.2) is 27.1 Å². The van der Waals surface area contributed by atoms with Crippen LogP contribution in [0.15, 0.2) is 30.7 Å². The summed E-state index contributed by atoms with van der Waals surface area (Å²) in [5.74, 6) is -0.201. The van der Waals surface area contributed by atoms with Crippen molar-refractivity contribution in [2.24, 2.45) is 11.7 Å². The van der Waals surface area contributed by atoms with E-state index in [1.807, 2.05) is 26.0 Å². The summed E-state index contributed by atoms with van der Waals surface area (Å²) in [6.45, 7) is 4.44. The molecule has 0 radical (unpaired) electrons. The predicted molar refractivity (Wildman–Crippen MR) is 76.5 cm³/mol. The number of rotatable bonds is 6. The maximum absolute atomic E-state index is 11.4. The first-order valence-electron chi connectivity index (χ1n) is 6.55. The molecule has 0 saturated heterocycles. The standard InChI is InChI=1S/C14H19N5O/c1-9(2)12(14(15)20)17-7-11-8-18-19-13(11)10-4-3-5-16-6-10/h3-6,8-9,12,17H,7H2,1-2H3,(H2,15,20)(H,18,19). The molecule has 6 heteroatoms. The van der Waals surface area contributed by atoms with Gasteiger partial charge in [-0.05, 0) is 18.1 Å². The number of nitrogens with one attached hydrogen (secondary N) is 2. The highest BCUT2D eigenvalue weighted by Crippen LogP contribution is 2.19. The first kappa shape index (κ1) is 14.2. The van der Waals surface area contributed by atoms with Crippen molar-refractivity contribution in [2.75, 3.05) is 0 Å². The average molecular weight is 273 g/mol. The van der Waals surface area contributed by atoms with Crippen LogP contribution in [0.2, 0.25) is 0 Å². The Hall–Kier alpha value is -2.21. The van der Waals surface area contributed by atoms with Gasteiger partial charge in [0.2, 0.25) is 5.91 Å². The normalized spacial score (nSPS) is 12.6. The fourth-order valence-corrected chi connectivity index (χ4v) is 2.09. The number of nitrogens with two attached hydrogens (primary N) is 1. The largest absolute Gasteiger partial charge is 0.368 e. The van der Waals surface area contributed by atoms with Crippen molar-refractivity contribution in [1.82, 2.24) is 20.5 Å². The third-order valence-corrected chi connectivity index (χ3v) is 3.15. The molecule has 1 unspecified atom stereocenters. The Labute approximate surface area is 117 Å². The molecule has 0 spiro atoms. The smallest absolute Gasteiger partial charge is 0.234 e. The molecule has 0 aliphatic carbocycles. The number of amides is 1. The number of hydrogen-bond acceptors (Lipinski definition) is 4. The molecule has 2 rings (SSSR count). The summed E-state index contributed by atoms with van der Waals surface area (Å²) in [5.41, 5.74) is 8.23. The molecule has 2 aromatic rings. The minimum absolute atomic E-state index is 0.140. The van der Waals surface area contributed by atoms with Crippen molar-refractivity contribution < 1.29 is 4.79 Å². The number of primary amides is 1. The molecular weight excluding hydrogens is 254 g/mol. The van der Waals surface area contributed by atoms with Crippen LogP contribution in [0.3, 0.4) is 0 Å². The first-order valence-corrected chi connectivity index (χ1v) is 6.55. The number of nitrogens with zero attached hydrogens (tertiary/aromatic N) is 2. The number of carbonyl (C=O) groups is 1. The number of hydrogen-bond donors (Lipinski definition) is 3. The molecule has 1 atom stereocenters. The second kappa shape index (κ2) is 6.29. The van der Waals surface area contributed by atoms with Crippen LogP contribution in [0.5, 0.6) is 0 Å². The quantitative estimate of drug-likeness (QED) is 0.733. The second-order valence-electron chi connectivity index (χ2n) is 5.02. The highest BCUT2D eigenvalue weighted by molar-refractivity contribution is 5.80. The highest BCUT2D eigenvalue weighted by Gasteiger charge is 2.19. The van der Waals surface area contributed by atoms with Crippen LogP contribution >= 0.6 is 0 Å². The number of carbonyl (C=O) groups excluding carboxylic acids is 1. The summed E-state index contributed by atoms with van der Waals surface area (Å²) in [5, 5.41) is 10.2. The van der Waals surface area contributed by atoms with Gasteiger partial charge in [-0.15, -0.1) is 0 Å². The van der Waals surface area contributed by atoms with E-state index >= 15 is 0 Å². The Morgan fingerprint density at radius 1 is 1.45 bits per heavy atom. The summed E-state index contributed by atoms with van der Waals surface area (Å²) < 4.78 is 0. The zero-order valence-electron chi connectivity index (χ0n) is 11.6. The molecule has 0 bridgehead atoms. The van der Waals surface area contributed by atoms with Crippen molar-refractivity contribution >= 4 is 5.91 Å². The van der Waals surface area contributed by atoms with Crippen LogP contribution in [0.25, 0.3) is 11.3 Å². The topological polar surface area (TPSA) is 96.7 Å². The van der Waals surface area contributed by atoms with E-state index < -0.39 is 0 Å². The lowest BCUT2D eigenvalue weighted by Crippen LogP contribution is -2.44. The van der Waals surface area contributed by atoms with E-state index in [1.54, 1.807) is 18.6 Å². The van der Waals surface area contributed by atoms with Gasteiger partial charge in [0, 0.05) is 30.1 Å². The maximum atomic E-state index is 11.4. The average Bonchev–Trinajstić information content (AvgIpc) is 2.87. The van der Waals surface area contributed by atoms with Gasteiger partial charge < -0.3 is 11.1 Å². The molecule has 0 aliphatic heterocycles. The Morgan fingerprint density at radius 3 is 2.85 bits per heavy atom. The van der Waals surface area contributed by atoms with Crippen LogP contribution < -0.4 is 11.1 Å². The van der Waals surface area contributed by atoms with Gasteiger partial charge in [0.1, 0.15) is 0 Å². The number of H-pyrrole nitrogens is 1. The fourth-order valence-electron chi connectivity index (χ4n) is 2.09. The molecule has 0 aliphatic rings. The van der Waals surface area contributed by atoms with Gasteiger partial charge in [-0.25, -0.2) is 0 Å². The van der Waals surface area contributed by atoms with Gasteiger partial charge in [0.25, 0.3) is 0 Å². The van der Waals surface area contributed by atoms with E-state index in [9.17, 15) is 4.79 Å². The lowest BCUT2D eigenvalue weighted by Gasteiger charge is -2.18. The van der Waals surface area contributed by atoms with Crippen LogP contribution in [0, 0.1) is 5.92 Å². The van der Waals surface area contributed by atoms with E-state index in [4.69, 9.17) is 5.73 Å². The SMILES string of the molecule is CC(C)C(NCc1cn[nH]c1-c1cccnc1)C(N)=O. The minimum Gasteiger partial charge on any atom is -0.368 e. The van der Waals surface area contributed by atoms with Crippen molar-refractivity contribution in [1.29, 1.82) is 0 Å². The van der Waals surface area contributed by atoms with Crippen molar-refractivity contribution in [3.8, 4) is 11.3 Å². The van der Waals surface area contributed by atoms with Crippen LogP contribution in [-0.2, 0) is 11.3 Å². The van der Waals surface area contributed by atoms with Gasteiger partial charge in [-0.3, -0.25) is 14.9 Å². The van der Waals surface area contributed by atoms with Crippen LogP contribution in [0.1, 0.15) is 19.4 Å². The van der Waals surface area contributed by atoms with E-state index in [2.05, 4.69) is 20.5 Å². The molecule has 0 fully saturated rings. The molecule has 0 aromatic carbocycles. The van der Waals surface area contributed by atoms with Gasteiger partial charge in [0.05, 0.1) is 17.9 Å². The molecular formula is C14H19N5O. The zero-order chi connectivity index (χ0) is 14.5. The molecule has 6 nitrogen and oxygen atoms in total. The Balaban J connectivity index is 2.12. The minimum atomic E-state index is -0.355. The maximum Gasteiger partial charge on any atom is 0.234 e. The molecule has 2 aromatic heterocycles. The zero-order valence-corrected chi connectivity index (χ0v) is 11.6. The van der Waals surface area contributed by atoms with Gasteiger partial charge in [-0.1, -0.05) is 13.8 Å². The number of aromatic amines is 1. The summed E-state index contributed by atoms with van der Waals surface area (Å²) in [7, 11) is 0. The van der Waals surface area contributed by atoms with E-state index in [0.717, 1.165) is 16.8 Å². The van der Waals surface area contributed by atoms with E-state index in [0.29, 0.717) is 6.54 Å². The Kier molecular flexibility index (Phi) is 4.47. The van der Waals surface area contributed by atoms with Gasteiger partial charge in [0.15, 0.2) is 0 Å². The molecule has 106 valence electrons. The van der Waals surface area contributed by atoms with E-state index in [1.165, 1.54) is 0 Å². The molecule has 1 amide bonds. The summed E-state index contributed by atoms with van der Waals surface area (Å²) in [6, 6.07) is 3.47. The lowest BCUT2D eigenvalue weighted by atomic mass is 10.0. The van der Waals surface area contributed by atoms with E-state index in [-0.39, 0.29) is 17.9 Å². The first-order chi connectivity index (χ1) is 9.59. The van der Waals surface area contributed by atoms with Crippen molar-refractivity contribution in [3.63, 3.8) is 0 Å². The summed E-state index contributed by atoms with van der Waals surface area (Å²) in [6.07, 6.45) is 5.23. The third kappa shape index (κ3) is 3.21. The number of pyridine rings is 1. The molecule has 0 saturated carbocycles. The van der Waals surface area contributed by atoms with Gasteiger partial charge in [-0.2, -0.15) is 5.10 Å². The summed E-state index contributed by atoms with van der Waals surface area (Å²) in [4.78, 5) is 15.5.